The number of carbonyl (C=O) groups is 2. The van der Waals surface area contributed by atoms with Gasteiger partial charge < -0.3 is 10.2 Å². The Morgan fingerprint density at radius 1 is 1.04 bits per heavy atom. The van der Waals surface area contributed by atoms with E-state index >= 15 is 0 Å². The molecule has 2 rings (SSSR count). The van der Waals surface area contributed by atoms with Crippen molar-refractivity contribution in [2.24, 2.45) is 0 Å². The molecule has 1 N–H and O–H groups in total. The van der Waals surface area contributed by atoms with Crippen LogP contribution in [0.5, 0.6) is 0 Å². The fourth-order valence-corrected chi connectivity index (χ4v) is 3.43. The molecule has 0 bridgehead atoms. The van der Waals surface area contributed by atoms with E-state index in [-0.39, 0.29) is 11.8 Å². The first-order valence-electron chi connectivity index (χ1n) is 9.82. The highest BCUT2D eigenvalue weighted by Gasteiger charge is 2.28. The summed E-state index contributed by atoms with van der Waals surface area (Å²) in [5.74, 6) is -0.204. The van der Waals surface area contributed by atoms with Gasteiger partial charge in [0.25, 0.3) is 0 Å². The minimum atomic E-state index is -0.517. The van der Waals surface area contributed by atoms with E-state index < -0.39 is 6.04 Å². The number of nitrogens with one attached hydrogen (secondary N) is 1. The van der Waals surface area contributed by atoms with Crippen molar-refractivity contribution in [1.29, 1.82) is 0 Å². The molecule has 0 fully saturated rings. The van der Waals surface area contributed by atoms with Gasteiger partial charge >= 0.3 is 0 Å². The van der Waals surface area contributed by atoms with Crippen LogP contribution in [0.1, 0.15) is 43.4 Å². The average molecular weight is 401 g/mol. The quantitative estimate of drug-likeness (QED) is 0.678. The van der Waals surface area contributed by atoms with Gasteiger partial charge in [-0.1, -0.05) is 67.9 Å². The second kappa shape index (κ2) is 10.9. The third-order valence-corrected chi connectivity index (χ3v) is 5.36. The zero-order valence-corrected chi connectivity index (χ0v) is 17.6. The summed E-state index contributed by atoms with van der Waals surface area (Å²) in [7, 11) is 1.60. The van der Waals surface area contributed by atoms with Gasteiger partial charge in [-0.15, -0.1) is 0 Å². The Kier molecular flexibility index (Phi) is 8.52. The molecule has 2 aromatic rings. The monoisotopic (exact) mass is 400 g/mol. The molecule has 0 saturated heterocycles. The summed E-state index contributed by atoms with van der Waals surface area (Å²) in [6, 6.07) is 15.3. The number of aryl methyl sites for hydroxylation is 2. The van der Waals surface area contributed by atoms with Gasteiger partial charge in [-0.05, 0) is 42.0 Å². The third-order valence-electron chi connectivity index (χ3n) is 4.99. The predicted molar refractivity (Wildman–Crippen MR) is 114 cm³/mol. The van der Waals surface area contributed by atoms with Gasteiger partial charge in [-0.25, -0.2) is 0 Å². The van der Waals surface area contributed by atoms with Gasteiger partial charge in [0, 0.05) is 25.0 Å². The topological polar surface area (TPSA) is 49.4 Å². The molecule has 28 heavy (non-hydrogen) atoms. The first-order valence-corrected chi connectivity index (χ1v) is 10.2. The average Bonchev–Trinajstić information content (AvgIpc) is 2.73. The number of hydrogen-bond acceptors (Lipinski definition) is 2. The van der Waals surface area contributed by atoms with Crippen molar-refractivity contribution < 1.29 is 9.59 Å². The molecule has 0 aromatic heterocycles. The number of nitrogens with zero attached hydrogens (tertiary/aromatic N) is 1. The molecule has 0 radical (unpaired) electrons. The first kappa shape index (κ1) is 22.0. The zero-order chi connectivity index (χ0) is 20.5. The van der Waals surface area contributed by atoms with Crippen molar-refractivity contribution in [2.75, 3.05) is 7.05 Å². The lowest BCUT2D eigenvalue weighted by Gasteiger charge is -2.30. The van der Waals surface area contributed by atoms with Crippen molar-refractivity contribution in [3.05, 3.63) is 70.2 Å². The molecular formula is C23H29ClN2O2. The molecule has 0 aliphatic heterocycles. The first-order chi connectivity index (χ1) is 13.5. The molecule has 0 heterocycles. The molecule has 0 saturated carbocycles. The van der Waals surface area contributed by atoms with Crippen LogP contribution in [0.2, 0.25) is 5.02 Å². The molecule has 2 aromatic carbocycles. The van der Waals surface area contributed by atoms with Gasteiger partial charge in [-0.2, -0.15) is 0 Å². The zero-order valence-electron chi connectivity index (χ0n) is 16.9. The summed E-state index contributed by atoms with van der Waals surface area (Å²) in [5.41, 5.74) is 3.24. The molecular weight excluding hydrogens is 372 g/mol. The fourth-order valence-electron chi connectivity index (χ4n) is 3.23. The van der Waals surface area contributed by atoms with E-state index in [1.807, 2.05) is 25.1 Å². The Hall–Kier alpha value is -2.33. The molecule has 2 amide bonds. The maximum absolute atomic E-state index is 13.1. The highest BCUT2D eigenvalue weighted by atomic mass is 35.5. The van der Waals surface area contributed by atoms with Crippen LogP contribution in [0.15, 0.2) is 48.5 Å². The fraction of sp³-hybridized carbons (Fsp3) is 0.391. The predicted octanol–water partition coefficient (Wildman–Crippen LogP) is 4.39. The molecule has 4 nitrogen and oxygen atoms in total. The highest BCUT2D eigenvalue weighted by Crippen LogP contribution is 2.20. The Labute approximate surface area is 172 Å². The lowest BCUT2D eigenvalue weighted by Crippen LogP contribution is -2.48. The van der Waals surface area contributed by atoms with Crippen LogP contribution in [-0.2, 0) is 29.0 Å². The summed E-state index contributed by atoms with van der Waals surface area (Å²) in [6.45, 7) is 4.35. The molecule has 1 atom stereocenters. The van der Waals surface area contributed by atoms with E-state index in [4.69, 9.17) is 11.6 Å². The summed E-state index contributed by atoms with van der Waals surface area (Å²) in [6.07, 6.45) is 2.53. The second-order valence-corrected chi connectivity index (χ2v) is 7.23. The molecule has 150 valence electrons. The lowest BCUT2D eigenvalue weighted by molar-refractivity contribution is -0.141. The number of likely N-dealkylation sites (N-methyl/N-ethyl adjacent to an activating group) is 1. The van der Waals surface area contributed by atoms with Gasteiger partial charge in [0.1, 0.15) is 6.04 Å². The van der Waals surface area contributed by atoms with E-state index in [9.17, 15) is 9.59 Å². The summed E-state index contributed by atoms with van der Waals surface area (Å²) < 4.78 is 0. The van der Waals surface area contributed by atoms with Crippen molar-refractivity contribution >= 4 is 23.4 Å². The molecule has 0 spiro atoms. The van der Waals surface area contributed by atoms with Crippen molar-refractivity contribution in [1.82, 2.24) is 10.2 Å². The summed E-state index contributed by atoms with van der Waals surface area (Å²) in [4.78, 5) is 27.1. The lowest BCUT2D eigenvalue weighted by atomic mass is 10.0. The maximum Gasteiger partial charge on any atom is 0.242 e. The Balaban J connectivity index is 2.17. The second-order valence-electron chi connectivity index (χ2n) is 6.82. The number of halogens is 1. The third kappa shape index (κ3) is 5.83. The number of carbonyl (C=O) groups excluding carboxylic acids is 2. The van der Waals surface area contributed by atoms with Gasteiger partial charge in [-0.3, -0.25) is 9.59 Å². The van der Waals surface area contributed by atoms with E-state index in [1.54, 1.807) is 18.0 Å². The van der Waals surface area contributed by atoms with Crippen LogP contribution in [0, 0.1) is 0 Å². The van der Waals surface area contributed by atoms with Crippen LogP contribution in [0.25, 0.3) is 0 Å². The minimum Gasteiger partial charge on any atom is -0.357 e. The molecule has 0 aliphatic rings. The van der Waals surface area contributed by atoms with E-state index in [1.165, 1.54) is 5.56 Å². The molecule has 5 heteroatoms. The number of benzene rings is 2. The SMILES string of the molecule is CCc1ccc(CCC(=O)N(Cc2ccccc2Cl)C(CC)C(=O)NC)cc1. The smallest absolute Gasteiger partial charge is 0.242 e. The van der Waals surface area contributed by atoms with Crippen LogP contribution >= 0.6 is 11.6 Å². The Morgan fingerprint density at radius 3 is 2.25 bits per heavy atom. The number of amides is 2. The van der Waals surface area contributed by atoms with E-state index in [0.29, 0.717) is 30.8 Å². The van der Waals surface area contributed by atoms with Crippen LogP contribution < -0.4 is 5.32 Å². The highest BCUT2D eigenvalue weighted by molar-refractivity contribution is 6.31. The normalized spacial score (nSPS) is 11.7. The minimum absolute atomic E-state index is 0.0464. The van der Waals surface area contributed by atoms with Crippen molar-refractivity contribution in [2.45, 2.75) is 52.1 Å². The largest absolute Gasteiger partial charge is 0.357 e. The van der Waals surface area contributed by atoms with Crippen molar-refractivity contribution in [3.8, 4) is 0 Å². The van der Waals surface area contributed by atoms with E-state index in [0.717, 1.165) is 17.5 Å². The summed E-state index contributed by atoms with van der Waals surface area (Å²) in [5, 5.41) is 3.27. The van der Waals surface area contributed by atoms with Crippen molar-refractivity contribution in [3.63, 3.8) is 0 Å². The Bertz CT molecular complexity index is 789. The van der Waals surface area contributed by atoms with Crippen LogP contribution in [-0.4, -0.2) is 29.8 Å². The molecule has 0 aliphatic carbocycles. The van der Waals surface area contributed by atoms with Crippen LogP contribution in [0.4, 0.5) is 0 Å². The van der Waals surface area contributed by atoms with Crippen LogP contribution in [0.3, 0.4) is 0 Å². The van der Waals surface area contributed by atoms with Gasteiger partial charge in [0.05, 0.1) is 0 Å². The summed E-state index contributed by atoms with van der Waals surface area (Å²) >= 11 is 6.30. The van der Waals surface area contributed by atoms with Gasteiger partial charge in [0.2, 0.25) is 11.8 Å². The Morgan fingerprint density at radius 2 is 1.68 bits per heavy atom. The maximum atomic E-state index is 13.1. The van der Waals surface area contributed by atoms with E-state index in [2.05, 4.69) is 36.5 Å². The molecule has 1 unspecified atom stereocenters. The number of hydrogen-bond donors (Lipinski definition) is 1. The number of rotatable bonds is 9. The standard InChI is InChI=1S/C23H29ClN2O2/c1-4-17-10-12-18(13-11-17)14-15-22(27)26(21(5-2)23(28)25-3)16-19-8-6-7-9-20(19)24/h6-13,21H,4-5,14-16H2,1-3H3,(H,25,28). The van der Waals surface area contributed by atoms with Gasteiger partial charge in [0.15, 0.2) is 0 Å².